The van der Waals surface area contributed by atoms with Crippen molar-refractivity contribution < 1.29 is 0 Å². The van der Waals surface area contributed by atoms with Gasteiger partial charge in [0.25, 0.3) is 0 Å². The van der Waals surface area contributed by atoms with Crippen LogP contribution in [-0.4, -0.2) is 33.0 Å². The molecule has 2 aliphatic rings. The van der Waals surface area contributed by atoms with Crippen LogP contribution < -0.4 is 10.6 Å². The summed E-state index contributed by atoms with van der Waals surface area (Å²) >= 11 is 0. The molecule has 2 fully saturated rings. The van der Waals surface area contributed by atoms with Crippen LogP contribution in [0.5, 0.6) is 0 Å². The molecule has 6 nitrogen and oxygen atoms in total. The fourth-order valence-electron chi connectivity index (χ4n) is 4.15. The zero-order valence-corrected chi connectivity index (χ0v) is 17.1. The van der Waals surface area contributed by atoms with Crippen molar-refractivity contribution in [2.75, 3.05) is 13.1 Å². The first-order chi connectivity index (χ1) is 14.8. The molecule has 154 valence electrons. The number of aromatic nitrogens is 4. The van der Waals surface area contributed by atoms with Gasteiger partial charge in [0.1, 0.15) is 11.6 Å². The van der Waals surface area contributed by atoms with Crippen LogP contribution in [0.2, 0.25) is 0 Å². The minimum absolute atomic E-state index is 0.373. The fraction of sp³-hybridized carbons (Fsp3) is 0.333. The maximum Gasteiger partial charge on any atom is 0.123 e. The molecule has 0 saturated carbocycles. The van der Waals surface area contributed by atoms with E-state index in [-0.39, 0.29) is 0 Å². The van der Waals surface area contributed by atoms with Gasteiger partial charge in [0, 0.05) is 6.20 Å². The Morgan fingerprint density at radius 2 is 1.47 bits per heavy atom. The Morgan fingerprint density at radius 3 is 2.13 bits per heavy atom. The molecule has 4 N–H and O–H groups in total. The minimum atomic E-state index is 0.373. The van der Waals surface area contributed by atoms with Gasteiger partial charge in [-0.15, -0.1) is 0 Å². The summed E-state index contributed by atoms with van der Waals surface area (Å²) in [7, 11) is 0. The van der Waals surface area contributed by atoms with Gasteiger partial charge in [-0.1, -0.05) is 36.4 Å². The third kappa shape index (κ3) is 4.45. The lowest BCUT2D eigenvalue weighted by atomic mass is 10.1. The lowest BCUT2D eigenvalue weighted by Gasteiger charge is -2.04. The topological polar surface area (TPSA) is 81.4 Å². The zero-order chi connectivity index (χ0) is 20.2. The molecule has 0 bridgehead atoms. The monoisotopic (exact) mass is 400 g/mol. The van der Waals surface area contributed by atoms with Gasteiger partial charge in [0.05, 0.1) is 29.7 Å². The van der Waals surface area contributed by atoms with E-state index in [0.29, 0.717) is 12.1 Å². The van der Waals surface area contributed by atoms with Crippen LogP contribution >= 0.6 is 0 Å². The van der Waals surface area contributed by atoms with Crippen molar-refractivity contribution in [1.82, 2.24) is 30.6 Å². The summed E-state index contributed by atoms with van der Waals surface area (Å²) in [5, 5.41) is 6.94. The maximum atomic E-state index is 4.69. The van der Waals surface area contributed by atoms with E-state index < -0.39 is 0 Å². The lowest BCUT2D eigenvalue weighted by Crippen LogP contribution is -2.14. The minimum Gasteiger partial charge on any atom is -0.347 e. The van der Waals surface area contributed by atoms with Gasteiger partial charge in [0.2, 0.25) is 0 Å². The van der Waals surface area contributed by atoms with Gasteiger partial charge >= 0.3 is 0 Å². The number of benzene rings is 1. The van der Waals surface area contributed by atoms with Gasteiger partial charge in [-0.05, 0) is 62.1 Å². The number of H-pyrrole nitrogens is 2. The molecular weight excluding hydrogens is 372 g/mol. The Labute approximate surface area is 176 Å². The first-order valence-corrected chi connectivity index (χ1v) is 10.9. The molecule has 0 spiro atoms. The van der Waals surface area contributed by atoms with Crippen LogP contribution in [0.1, 0.15) is 71.9 Å². The van der Waals surface area contributed by atoms with Crippen molar-refractivity contribution in [3.05, 3.63) is 70.8 Å². The summed E-state index contributed by atoms with van der Waals surface area (Å²) in [6, 6.07) is 9.26. The van der Waals surface area contributed by atoms with Gasteiger partial charge in [-0.25, -0.2) is 9.97 Å². The predicted molar refractivity (Wildman–Crippen MR) is 121 cm³/mol. The molecule has 0 unspecified atom stereocenters. The van der Waals surface area contributed by atoms with Crippen LogP contribution in [0.15, 0.2) is 36.7 Å². The molecule has 0 amide bonds. The van der Waals surface area contributed by atoms with Crippen LogP contribution in [-0.2, 0) is 0 Å². The number of nitrogens with one attached hydrogen (secondary N) is 4. The van der Waals surface area contributed by atoms with Crippen molar-refractivity contribution in [2.24, 2.45) is 0 Å². The quantitative estimate of drug-likeness (QED) is 0.497. The average Bonchev–Trinajstić information content (AvgIpc) is 3.57. The van der Waals surface area contributed by atoms with Crippen molar-refractivity contribution in [3.63, 3.8) is 0 Å². The van der Waals surface area contributed by atoms with E-state index in [1.165, 1.54) is 12.8 Å². The number of rotatable bonds is 6. The summed E-state index contributed by atoms with van der Waals surface area (Å²) < 4.78 is 0. The van der Waals surface area contributed by atoms with E-state index in [4.69, 9.17) is 0 Å². The molecule has 2 saturated heterocycles. The van der Waals surface area contributed by atoms with Crippen LogP contribution in [0.3, 0.4) is 0 Å². The van der Waals surface area contributed by atoms with Crippen LogP contribution in [0, 0.1) is 0 Å². The first kappa shape index (κ1) is 19.0. The highest BCUT2D eigenvalue weighted by Crippen LogP contribution is 2.22. The Hall–Kier alpha value is -2.96. The van der Waals surface area contributed by atoms with Gasteiger partial charge in [-0.3, -0.25) is 0 Å². The number of aromatic amines is 2. The second-order valence-electron chi connectivity index (χ2n) is 8.07. The molecule has 2 atom stereocenters. The molecule has 2 aromatic heterocycles. The van der Waals surface area contributed by atoms with E-state index in [0.717, 1.165) is 60.1 Å². The second-order valence-corrected chi connectivity index (χ2v) is 8.07. The van der Waals surface area contributed by atoms with E-state index in [9.17, 15) is 0 Å². The standard InChI is InChI=1S/C24H28N6/c1-3-21(25-13-1)23-27-15-19(29-23)11-9-17-5-7-18(8-6-17)10-12-20-16-28-24(30-20)22-4-2-14-26-22/h5-12,15-16,21-22,25-26H,1-4,13-14H2,(H,27,29)(H,28,30)/b11-9+,12-10+/t21-,22-/m0/s1. The summed E-state index contributed by atoms with van der Waals surface area (Å²) in [5.74, 6) is 2.08. The molecule has 0 aliphatic carbocycles. The summed E-state index contributed by atoms with van der Waals surface area (Å²) in [6.45, 7) is 2.16. The Morgan fingerprint density at radius 1 is 0.800 bits per heavy atom. The largest absolute Gasteiger partial charge is 0.347 e. The van der Waals surface area contributed by atoms with Gasteiger partial charge < -0.3 is 20.6 Å². The highest BCUT2D eigenvalue weighted by molar-refractivity contribution is 5.71. The smallest absolute Gasteiger partial charge is 0.123 e. The number of hydrogen-bond donors (Lipinski definition) is 4. The average molecular weight is 401 g/mol. The van der Waals surface area contributed by atoms with E-state index in [1.807, 2.05) is 12.4 Å². The molecule has 1 aromatic carbocycles. The zero-order valence-electron chi connectivity index (χ0n) is 17.1. The molecule has 3 aromatic rings. The number of imidazole rings is 2. The van der Waals surface area contributed by atoms with Crippen LogP contribution in [0.4, 0.5) is 0 Å². The molecule has 2 aliphatic heterocycles. The molecular formula is C24H28N6. The van der Waals surface area contributed by atoms with Crippen molar-refractivity contribution in [3.8, 4) is 0 Å². The number of nitrogens with zero attached hydrogens (tertiary/aromatic N) is 2. The molecule has 30 heavy (non-hydrogen) atoms. The lowest BCUT2D eigenvalue weighted by molar-refractivity contribution is 0.612. The van der Waals surface area contributed by atoms with Crippen molar-refractivity contribution in [2.45, 2.75) is 37.8 Å². The van der Waals surface area contributed by atoms with E-state index in [1.54, 1.807) is 0 Å². The molecule has 6 heteroatoms. The first-order valence-electron chi connectivity index (χ1n) is 10.9. The third-order valence-corrected chi connectivity index (χ3v) is 5.85. The summed E-state index contributed by atoms with van der Waals surface area (Å²) in [5.41, 5.74) is 4.33. The van der Waals surface area contributed by atoms with Crippen molar-refractivity contribution >= 4 is 24.3 Å². The molecule has 5 rings (SSSR count). The Kier molecular flexibility index (Phi) is 5.59. The maximum absolute atomic E-state index is 4.69. The van der Waals surface area contributed by atoms with Gasteiger partial charge in [-0.2, -0.15) is 0 Å². The van der Waals surface area contributed by atoms with E-state index >= 15 is 0 Å². The number of hydrogen-bond acceptors (Lipinski definition) is 4. The van der Waals surface area contributed by atoms with E-state index in [2.05, 4.69) is 79.1 Å². The normalized spacial score (nSPS) is 22.0. The molecule has 4 heterocycles. The highest BCUT2D eigenvalue weighted by atomic mass is 15.0. The highest BCUT2D eigenvalue weighted by Gasteiger charge is 2.19. The second kappa shape index (κ2) is 8.81. The van der Waals surface area contributed by atoms with Gasteiger partial charge in [0.15, 0.2) is 0 Å². The third-order valence-electron chi connectivity index (χ3n) is 5.85. The Balaban J connectivity index is 1.19. The predicted octanol–water partition coefficient (Wildman–Crippen LogP) is 4.32. The fourth-order valence-corrected chi connectivity index (χ4v) is 4.15. The Bertz CT molecular complexity index is 931. The van der Waals surface area contributed by atoms with Crippen LogP contribution in [0.25, 0.3) is 24.3 Å². The SMILES string of the molecule is C(=C\c1c[nH]c([C@@H]2CCCN2)n1)/c1ccc(/C=C/c2cnc([C@@H]3CCCN3)[nH]2)cc1. The summed E-state index contributed by atoms with van der Waals surface area (Å²) in [6.07, 6.45) is 17.0. The van der Waals surface area contributed by atoms with Crippen molar-refractivity contribution in [1.29, 1.82) is 0 Å². The molecule has 0 radical (unpaired) electrons. The summed E-state index contributed by atoms with van der Waals surface area (Å²) in [4.78, 5) is 15.9.